The summed E-state index contributed by atoms with van der Waals surface area (Å²) in [4.78, 5) is 0. The zero-order valence-corrected chi connectivity index (χ0v) is 8.56. The Morgan fingerprint density at radius 2 is 2.17 bits per heavy atom. The standard InChI is InChI=1S/C12H20/c1-4-5-6-12-8-7-10(2)11(3)9-12/h7-8,12H,4-6,9H2,1-3H3. The molecule has 0 amide bonds. The molecule has 0 saturated carbocycles. The van der Waals surface area contributed by atoms with Crippen molar-refractivity contribution in [3.05, 3.63) is 23.3 Å². The van der Waals surface area contributed by atoms with Crippen molar-refractivity contribution < 1.29 is 0 Å². The lowest BCUT2D eigenvalue weighted by Crippen LogP contribution is -2.02. The smallest absolute Gasteiger partial charge is 0.0193 e. The molecule has 0 aliphatic heterocycles. The van der Waals surface area contributed by atoms with Gasteiger partial charge in [-0.15, -0.1) is 0 Å². The van der Waals surface area contributed by atoms with Crippen LogP contribution in [0.25, 0.3) is 0 Å². The van der Waals surface area contributed by atoms with Crippen LogP contribution in [-0.2, 0) is 0 Å². The highest BCUT2D eigenvalue weighted by Gasteiger charge is 2.10. The second-order valence-electron chi connectivity index (χ2n) is 3.93. The van der Waals surface area contributed by atoms with Crippen LogP contribution >= 0.6 is 0 Å². The maximum atomic E-state index is 2.39. The lowest BCUT2D eigenvalue weighted by atomic mass is 9.88. The highest BCUT2D eigenvalue weighted by Crippen LogP contribution is 2.26. The minimum atomic E-state index is 0.827. The third kappa shape index (κ3) is 2.51. The van der Waals surface area contributed by atoms with Gasteiger partial charge < -0.3 is 0 Å². The van der Waals surface area contributed by atoms with Gasteiger partial charge in [0.2, 0.25) is 0 Å². The van der Waals surface area contributed by atoms with E-state index in [9.17, 15) is 0 Å². The quantitative estimate of drug-likeness (QED) is 0.589. The molecular formula is C12H20. The maximum Gasteiger partial charge on any atom is -0.0193 e. The van der Waals surface area contributed by atoms with E-state index in [1.807, 2.05) is 0 Å². The van der Waals surface area contributed by atoms with E-state index in [0.29, 0.717) is 0 Å². The van der Waals surface area contributed by atoms with Crippen LogP contribution in [0.2, 0.25) is 0 Å². The third-order valence-electron chi connectivity index (χ3n) is 2.79. The Hall–Kier alpha value is -0.520. The first-order valence-electron chi connectivity index (χ1n) is 5.08. The van der Waals surface area contributed by atoms with E-state index in [4.69, 9.17) is 0 Å². The highest BCUT2D eigenvalue weighted by atomic mass is 14.2. The van der Waals surface area contributed by atoms with Crippen LogP contribution < -0.4 is 0 Å². The molecule has 0 heterocycles. The van der Waals surface area contributed by atoms with Crippen LogP contribution in [0.5, 0.6) is 0 Å². The summed E-state index contributed by atoms with van der Waals surface area (Å²) in [5, 5.41) is 0. The van der Waals surface area contributed by atoms with E-state index in [0.717, 1.165) is 5.92 Å². The minimum Gasteiger partial charge on any atom is -0.0808 e. The molecular weight excluding hydrogens is 144 g/mol. The molecule has 0 aromatic carbocycles. The van der Waals surface area contributed by atoms with Crippen LogP contribution in [0, 0.1) is 5.92 Å². The molecule has 0 radical (unpaired) electrons. The Kier molecular flexibility index (Phi) is 3.58. The Morgan fingerprint density at radius 3 is 2.75 bits per heavy atom. The predicted octanol–water partition coefficient (Wildman–Crippen LogP) is 4.09. The van der Waals surface area contributed by atoms with E-state index < -0.39 is 0 Å². The lowest BCUT2D eigenvalue weighted by molar-refractivity contribution is 0.543. The summed E-state index contributed by atoms with van der Waals surface area (Å²) in [6, 6.07) is 0. The average molecular weight is 164 g/mol. The van der Waals surface area contributed by atoms with Gasteiger partial charge in [-0.1, -0.05) is 43.1 Å². The van der Waals surface area contributed by atoms with Crippen LogP contribution in [-0.4, -0.2) is 0 Å². The molecule has 0 aromatic heterocycles. The fourth-order valence-electron chi connectivity index (χ4n) is 1.71. The van der Waals surface area contributed by atoms with Crippen molar-refractivity contribution in [2.45, 2.75) is 46.5 Å². The Bertz CT molecular complexity index is 196. The van der Waals surface area contributed by atoms with Gasteiger partial charge in [-0.05, 0) is 32.6 Å². The maximum absolute atomic E-state index is 2.39. The van der Waals surface area contributed by atoms with Gasteiger partial charge in [0.05, 0.1) is 0 Å². The minimum absolute atomic E-state index is 0.827. The molecule has 1 atom stereocenters. The number of hydrogen-bond donors (Lipinski definition) is 0. The molecule has 0 N–H and O–H groups in total. The number of hydrogen-bond acceptors (Lipinski definition) is 0. The first-order valence-corrected chi connectivity index (χ1v) is 5.08. The summed E-state index contributed by atoms with van der Waals surface area (Å²) in [7, 11) is 0. The summed E-state index contributed by atoms with van der Waals surface area (Å²) < 4.78 is 0. The molecule has 12 heavy (non-hydrogen) atoms. The van der Waals surface area contributed by atoms with Gasteiger partial charge in [0.25, 0.3) is 0 Å². The van der Waals surface area contributed by atoms with Crippen molar-refractivity contribution in [1.82, 2.24) is 0 Å². The number of unbranched alkanes of at least 4 members (excludes halogenated alkanes) is 1. The fourth-order valence-corrected chi connectivity index (χ4v) is 1.71. The average Bonchev–Trinajstić information content (AvgIpc) is 2.07. The van der Waals surface area contributed by atoms with E-state index in [1.54, 1.807) is 5.57 Å². The zero-order valence-electron chi connectivity index (χ0n) is 8.56. The second-order valence-corrected chi connectivity index (χ2v) is 3.93. The van der Waals surface area contributed by atoms with Crippen molar-refractivity contribution in [3.8, 4) is 0 Å². The van der Waals surface area contributed by atoms with Crippen molar-refractivity contribution in [2.24, 2.45) is 5.92 Å². The van der Waals surface area contributed by atoms with E-state index in [1.165, 1.54) is 31.3 Å². The van der Waals surface area contributed by atoms with Crippen molar-refractivity contribution >= 4 is 0 Å². The first kappa shape index (κ1) is 9.57. The van der Waals surface area contributed by atoms with E-state index in [2.05, 4.69) is 32.9 Å². The fraction of sp³-hybridized carbons (Fsp3) is 0.667. The van der Waals surface area contributed by atoms with Gasteiger partial charge in [-0.25, -0.2) is 0 Å². The Balaban J connectivity index is 2.40. The third-order valence-corrected chi connectivity index (χ3v) is 2.79. The normalized spacial score (nSPS) is 23.4. The van der Waals surface area contributed by atoms with Gasteiger partial charge in [-0.3, -0.25) is 0 Å². The van der Waals surface area contributed by atoms with Crippen molar-refractivity contribution in [1.29, 1.82) is 0 Å². The van der Waals surface area contributed by atoms with Gasteiger partial charge in [0.1, 0.15) is 0 Å². The second kappa shape index (κ2) is 4.49. The summed E-state index contributed by atoms with van der Waals surface area (Å²) in [6.45, 7) is 6.74. The molecule has 1 aliphatic rings. The SMILES string of the molecule is CCCCC1C=CC(C)=C(C)C1. The van der Waals surface area contributed by atoms with Crippen LogP contribution in [0.3, 0.4) is 0 Å². The van der Waals surface area contributed by atoms with Gasteiger partial charge >= 0.3 is 0 Å². The Labute approximate surface area is 76.4 Å². The number of allylic oxidation sites excluding steroid dienone is 4. The molecule has 1 unspecified atom stereocenters. The largest absolute Gasteiger partial charge is 0.0808 e. The van der Waals surface area contributed by atoms with E-state index >= 15 is 0 Å². The Morgan fingerprint density at radius 1 is 1.42 bits per heavy atom. The molecule has 68 valence electrons. The molecule has 1 aliphatic carbocycles. The summed E-state index contributed by atoms with van der Waals surface area (Å²) in [5.41, 5.74) is 3.06. The van der Waals surface area contributed by atoms with Crippen LogP contribution in [0.4, 0.5) is 0 Å². The number of rotatable bonds is 3. The van der Waals surface area contributed by atoms with Crippen LogP contribution in [0.1, 0.15) is 46.5 Å². The molecule has 0 bridgehead atoms. The zero-order chi connectivity index (χ0) is 8.97. The molecule has 0 fully saturated rings. The molecule has 1 rings (SSSR count). The van der Waals surface area contributed by atoms with E-state index in [-0.39, 0.29) is 0 Å². The summed E-state index contributed by atoms with van der Waals surface area (Å²) in [5.74, 6) is 0.827. The highest BCUT2D eigenvalue weighted by molar-refractivity contribution is 5.27. The molecule has 0 spiro atoms. The first-order chi connectivity index (χ1) is 5.74. The summed E-state index contributed by atoms with van der Waals surface area (Å²) >= 11 is 0. The van der Waals surface area contributed by atoms with Gasteiger partial charge in [-0.2, -0.15) is 0 Å². The van der Waals surface area contributed by atoms with Gasteiger partial charge in [0.15, 0.2) is 0 Å². The molecule has 0 nitrogen and oxygen atoms in total. The van der Waals surface area contributed by atoms with Crippen molar-refractivity contribution in [3.63, 3.8) is 0 Å². The molecule has 0 aromatic rings. The molecule has 0 saturated heterocycles. The lowest BCUT2D eigenvalue weighted by Gasteiger charge is -2.18. The van der Waals surface area contributed by atoms with Crippen LogP contribution in [0.15, 0.2) is 23.3 Å². The topological polar surface area (TPSA) is 0 Å². The van der Waals surface area contributed by atoms with Gasteiger partial charge in [0, 0.05) is 0 Å². The van der Waals surface area contributed by atoms with Crippen molar-refractivity contribution in [2.75, 3.05) is 0 Å². The predicted molar refractivity (Wildman–Crippen MR) is 55.1 cm³/mol. The summed E-state index contributed by atoms with van der Waals surface area (Å²) in [6.07, 6.45) is 10.0. The monoisotopic (exact) mass is 164 g/mol. The molecule has 0 heteroatoms.